The van der Waals surface area contributed by atoms with E-state index < -0.39 is 6.04 Å². The van der Waals surface area contributed by atoms with E-state index >= 15 is 0 Å². The molecule has 26 heavy (non-hydrogen) atoms. The summed E-state index contributed by atoms with van der Waals surface area (Å²) >= 11 is 0. The zero-order chi connectivity index (χ0) is 18.7. The van der Waals surface area contributed by atoms with Crippen molar-refractivity contribution in [2.24, 2.45) is 7.05 Å². The number of carbonyl (C=O) groups excluding carboxylic acids is 2. The second-order valence-corrected chi connectivity index (χ2v) is 6.73. The number of aryl methyl sites for hydroxylation is 1. The summed E-state index contributed by atoms with van der Waals surface area (Å²) in [4.78, 5) is 28.7. The molecule has 0 saturated carbocycles. The van der Waals surface area contributed by atoms with Crippen LogP contribution in [0, 0.1) is 0 Å². The van der Waals surface area contributed by atoms with Crippen molar-refractivity contribution in [1.29, 1.82) is 0 Å². The molecule has 0 bridgehead atoms. The summed E-state index contributed by atoms with van der Waals surface area (Å²) in [5, 5.41) is 4.14. The van der Waals surface area contributed by atoms with Gasteiger partial charge in [-0.2, -0.15) is 5.10 Å². The van der Waals surface area contributed by atoms with Crippen LogP contribution in [0.15, 0.2) is 36.7 Å². The van der Waals surface area contributed by atoms with Crippen molar-refractivity contribution in [3.05, 3.63) is 53.3 Å². The van der Waals surface area contributed by atoms with Gasteiger partial charge in [-0.15, -0.1) is 0 Å². The van der Waals surface area contributed by atoms with Gasteiger partial charge in [0.1, 0.15) is 6.04 Å². The maximum atomic E-state index is 12.9. The summed E-state index contributed by atoms with van der Waals surface area (Å²) in [5.41, 5.74) is 3.21. The first-order valence-corrected chi connectivity index (χ1v) is 8.58. The van der Waals surface area contributed by atoms with Gasteiger partial charge in [-0.25, -0.2) is 4.79 Å². The zero-order valence-electron chi connectivity index (χ0n) is 15.4. The molecule has 3 rings (SSSR count). The Bertz CT molecular complexity index is 802. The second-order valence-electron chi connectivity index (χ2n) is 6.73. The molecule has 1 aromatic heterocycles. The predicted molar refractivity (Wildman–Crippen MR) is 96.0 cm³/mol. The van der Waals surface area contributed by atoms with E-state index in [9.17, 15) is 9.59 Å². The molecule has 1 aliphatic heterocycles. The summed E-state index contributed by atoms with van der Waals surface area (Å²) in [5.74, 6) is -0.455. The van der Waals surface area contributed by atoms with Crippen LogP contribution in [0.3, 0.4) is 0 Å². The van der Waals surface area contributed by atoms with Crippen molar-refractivity contribution < 1.29 is 14.3 Å². The lowest BCUT2D eigenvalue weighted by Crippen LogP contribution is -2.51. The number of likely N-dealkylation sites (N-methyl/N-ethyl adjacent to an activating group) is 1. The summed E-state index contributed by atoms with van der Waals surface area (Å²) in [7, 11) is 5.11. The number of ether oxygens (including phenoxy) is 1. The molecule has 7 heteroatoms. The third-order valence-corrected chi connectivity index (χ3v) is 4.66. The van der Waals surface area contributed by atoms with Crippen LogP contribution in [-0.2, 0) is 40.9 Å². The molecule has 2 heterocycles. The van der Waals surface area contributed by atoms with Crippen molar-refractivity contribution >= 4 is 11.9 Å². The van der Waals surface area contributed by atoms with E-state index in [1.165, 1.54) is 7.11 Å². The monoisotopic (exact) mass is 356 g/mol. The molecule has 0 spiro atoms. The fraction of sp³-hybridized carbons (Fsp3) is 0.421. The number of aromatic nitrogens is 2. The zero-order valence-corrected chi connectivity index (χ0v) is 15.4. The Morgan fingerprint density at radius 3 is 2.69 bits per heavy atom. The van der Waals surface area contributed by atoms with E-state index in [2.05, 4.69) is 5.10 Å². The maximum absolute atomic E-state index is 12.9. The van der Waals surface area contributed by atoms with Gasteiger partial charge in [0, 0.05) is 38.3 Å². The highest BCUT2D eigenvalue weighted by Gasteiger charge is 2.35. The molecule has 1 atom stereocenters. The molecule has 7 nitrogen and oxygen atoms in total. The third kappa shape index (κ3) is 3.94. The summed E-state index contributed by atoms with van der Waals surface area (Å²) in [6.45, 7) is 1.27. The molecular formula is C19H24N4O3. The minimum atomic E-state index is -0.575. The molecule has 1 aliphatic rings. The molecule has 0 aliphatic carbocycles. The molecule has 1 aromatic carbocycles. The van der Waals surface area contributed by atoms with Crippen LogP contribution < -0.4 is 0 Å². The molecule has 138 valence electrons. The molecule has 0 N–H and O–H groups in total. The van der Waals surface area contributed by atoms with Gasteiger partial charge in [-0.1, -0.05) is 24.3 Å². The molecule has 0 radical (unpaired) electrons. The average Bonchev–Trinajstić information content (AvgIpc) is 3.04. The van der Waals surface area contributed by atoms with Crippen LogP contribution in [-0.4, -0.2) is 58.2 Å². The highest BCUT2D eigenvalue weighted by molar-refractivity contribution is 5.86. The molecular weight excluding hydrogens is 332 g/mol. The minimum Gasteiger partial charge on any atom is -0.467 e. The normalized spacial score (nSPS) is 16.5. The second kappa shape index (κ2) is 7.70. The topological polar surface area (TPSA) is 67.7 Å². The van der Waals surface area contributed by atoms with Crippen LogP contribution in [0.2, 0.25) is 0 Å². The Hall–Kier alpha value is -2.67. The van der Waals surface area contributed by atoms with Crippen LogP contribution in [0.4, 0.5) is 0 Å². The average molecular weight is 356 g/mol. The van der Waals surface area contributed by atoms with Crippen LogP contribution in [0.25, 0.3) is 0 Å². The van der Waals surface area contributed by atoms with Crippen molar-refractivity contribution in [3.63, 3.8) is 0 Å². The summed E-state index contributed by atoms with van der Waals surface area (Å²) < 4.78 is 6.67. The Kier molecular flexibility index (Phi) is 5.37. The number of rotatable bonds is 5. The SMILES string of the molecule is COC(=O)C1Cc2ccccc2CN1C(=O)CN(C)Cc1cnn(C)c1. The quantitative estimate of drug-likeness (QED) is 0.747. The maximum Gasteiger partial charge on any atom is 0.328 e. The largest absolute Gasteiger partial charge is 0.467 e. The van der Waals surface area contributed by atoms with E-state index in [0.29, 0.717) is 19.5 Å². The summed E-state index contributed by atoms with van der Waals surface area (Å²) in [6, 6.07) is 7.33. The number of esters is 1. The van der Waals surface area contributed by atoms with Crippen LogP contribution >= 0.6 is 0 Å². The van der Waals surface area contributed by atoms with Crippen LogP contribution in [0.1, 0.15) is 16.7 Å². The number of methoxy groups -OCH3 is 1. The van der Waals surface area contributed by atoms with Gasteiger partial charge in [0.05, 0.1) is 19.9 Å². The van der Waals surface area contributed by atoms with Gasteiger partial charge in [-0.3, -0.25) is 14.4 Å². The van der Waals surface area contributed by atoms with Crippen LogP contribution in [0.5, 0.6) is 0 Å². The standard InChI is InChI=1S/C19H24N4O3/c1-21(10-14-9-20-22(2)11-14)13-18(24)23-12-16-7-5-4-6-15(16)8-17(23)19(25)26-3/h4-7,9,11,17H,8,10,12-13H2,1-3H3. The molecule has 0 saturated heterocycles. The highest BCUT2D eigenvalue weighted by atomic mass is 16.5. The molecule has 1 amide bonds. The number of carbonyl (C=O) groups is 2. The summed E-state index contributed by atoms with van der Waals surface area (Å²) in [6.07, 6.45) is 4.20. The minimum absolute atomic E-state index is 0.0821. The van der Waals surface area contributed by atoms with E-state index in [0.717, 1.165) is 16.7 Å². The lowest BCUT2D eigenvalue weighted by atomic mass is 9.94. The Labute approximate surface area is 153 Å². The smallest absolute Gasteiger partial charge is 0.328 e. The fourth-order valence-corrected chi connectivity index (χ4v) is 3.37. The van der Waals surface area contributed by atoms with E-state index in [1.54, 1.807) is 15.8 Å². The van der Waals surface area contributed by atoms with Gasteiger partial charge in [-0.05, 0) is 18.2 Å². The Morgan fingerprint density at radius 2 is 2.04 bits per heavy atom. The van der Waals surface area contributed by atoms with Crippen molar-refractivity contribution in [2.45, 2.75) is 25.6 Å². The first-order valence-electron chi connectivity index (χ1n) is 8.58. The predicted octanol–water partition coefficient (Wildman–Crippen LogP) is 0.978. The third-order valence-electron chi connectivity index (χ3n) is 4.66. The first-order chi connectivity index (χ1) is 12.5. The van der Waals surface area contributed by atoms with Crippen molar-refractivity contribution in [3.8, 4) is 0 Å². The van der Waals surface area contributed by atoms with Gasteiger partial charge in [0.25, 0.3) is 0 Å². The Morgan fingerprint density at radius 1 is 1.31 bits per heavy atom. The number of fused-ring (bicyclic) bond motifs is 1. The fourth-order valence-electron chi connectivity index (χ4n) is 3.37. The van der Waals surface area contributed by atoms with Gasteiger partial charge < -0.3 is 9.64 Å². The lowest BCUT2D eigenvalue weighted by molar-refractivity contribution is -0.154. The van der Waals surface area contributed by atoms with Gasteiger partial charge >= 0.3 is 5.97 Å². The van der Waals surface area contributed by atoms with Gasteiger partial charge in [0.15, 0.2) is 0 Å². The molecule has 1 unspecified atom stereocenters. The molecule has 0 fully saturated rings. The van der Waals surface area contributed by atoms with E-state index in [-0.39, 0.29) is 18.4 Å². The van der Waals surface area contributed by atoms with E-state index in [1.807, 2.05) is 49.5 Å². The first kappa shape index (κ1) is 18.1. The molecule has 2 aromatic rings. The van der Waals surface area contributed by atoms with Crippen molar-refractivity contribution in [1.82, 2.24) is 19.6 Å². The van der Waals surface area contributed by atoms with Crippen molar-refractivity contribution in [2.75, 3.05) is 20.7 Å². The number of amides is 1. The number of benzene rings is 1. The Balaban J connectivity index is 1.72. The van der Waals surface area contributed by atoms with Gasteiger partial charge in [0.2, 0.25) is 5.91 Å². The van der Waals surface area contributed by atoms with E-state index in [4.69, 9.17) is 4.74 Å². The highest BCUT2D eigenvalue weighted by Crippen LogP contribution is 2.24. The number of nitrogens with zero attached hydrogens (tertiary/aromatic N) is 4. The lowest BCUT2D eigenvalue weighted by Gasteiger charge is -2.36. The number of hydrogen-bond acceptors (Lipinski definition) is 5. The number of hydrogen-bond donors (Lipinski definition) is 0.